The van der Waals surface area contributed by atoms with Gasteiger partial charge in [-0.2, -0.15) is 0 Å². The Kier molecular flexibility index (Phi) is 4.35. The van der Waals surface area contributed by atoms with Gasteiger partial charge in [0.05, 0.1) is 5.69 Å². The van der Waals surface area contributed by atoms with Crippen LogP contribution in [0, 0.1) is 24.7 Å². The van der Waals surface area contributed by atoms with Crippen molar-refractivity contribution in [3.05, 3.63) is 23.8 Å². The van der Waals surface area contributed by atoms with E-state index in [-0.39, 0.29) is 0 Å². The molecule has 2 bridgehead atoms. The molecule has 2 fully saturated rings. The lowest BCUT2D eigenvalue weighted by molar-refractivity contribution is 0.277. The normalized spacial score (nSPS) is 29.8. The maximum atomic E-state index is 4.66. The minimum atomic E-state index is 0.418. The first kappa shape index (κ1) is 14.0. The summed E-state index contributed by atoms with van der Waals surface area (Å²) < 4.78 is 0. The second-order valence-electron chi connectivity index (χ2n) is 6.71. The summed E-state index contributed by atoms with van der Waals surface area (Å²) in [4.78, 5) is 8.89. The van der Waals surface area contributed by atoms with Gasteiger partial charge in [-0.1, -0.05) is 13.3 Å². The summed E-state index contributed by atoms with van der Waals surface area (Å²) in [7, 11) is 0. The van der Waals surface area contributed by atoms with Crippen molar-refractivity contribution in [2.24, 2.45) is 17.8 Å². The molecule has 110 valence electrons. The van der Waals surface area contributed by atoms with E-state index in [0.29, 0.717) is 6.04 Å². The van der Waals surface area contributed by atoms with Gasteiger partial charge in [0.1, 0.15) is 5.82 Å². The van der Waals surface area contributed by atoms with E-state index < -0.39 is 0 Å². The molecule has 3 heteroatoms. The molecule has 20 heavy (non-hydrogen) atoms. The molecule has 3 nitrogen and oxygen atoms in total. The van der Waals surface area contributed by atoms with Crippen LogP contribution in [0.4, 0.5) is 0 Å². The predicted molar refractivity (Wildman–Crippen MR) is 81.4 cm³/mol. The lowest BCUT2D eigenvalue weighted by atomic mass is 9.83. The van der Waals surface area contributed by atoms with Crippen LogP contribution in [0.5, 0.6) is 0 Å². The lowest BCUT2D eigenvalue weighted by Gasteiger charge is -2.27. The second kappa shape index (κ2) is 6.21. The fourth-order valence-corrected chi connectivity index (χ4v) is 4.26. The van der Waals surface area contributed by atoms with E-state index in [4.69, 9.17) is 0 Å². The number of hydrogen-bond acceptors (Lipinski definition) is 3. The summed E-state index contributed by atoms with van der Waals surface area (Å²) in [6.07, 6.45) is 10.3. The third kappa shape index (κ3) is 3.03. The number of aryl methyl sites for hydroxylation is 1. The molecule has 0 aromatic carbocycles. The maximum absolute atomic E-state index is 4.66. The Balaban J connectivity index is 1.69. The van der Waals surface area contributed by atoms with Crippen molar-refractivity contribution in [2.45, 2.75) is 58.4 Å². The highest BCUT2D eigenvalue weighted by molar-refractivity contribution is 5.08. The Morgan fingerprint density at radius 3 is 2.90 bits per heavy atom. The molecule has 0 aliphatic heterocycles. The Bertz CT molecular complexity index is 446. The molecule has 4 atom stereocenters. The standard InChI is InChI=1S/C17H27N3/c1-3-7-19-17(16-6-8-18-12(2)20-16)11-15-10-13-4-5-14(15)9-13/h6,8,13-15,17,19H,3-5,7,9-11H2,1-2H3. The minimum absolute atomic E-state index is 0.418. The number of nitrogens with one attached hydrogen (secondary N) is 1. The predicted octanol–water partition coefficient (Wildman–Crippen LogP) is 3.65. The quantitative estimate of drug-likeness (QED) is 0.859. The van der Waals surface area contributed by atoms with Crippen LogP contribution in [0.25, 0.3) is 0 Å². The molecule has 2 aliphatic rings. The van der Waals surface area contributed by atoms with E-state index in [1.807, 2.05) is 13.1 Å². The molecular weight excluding hydrogens is 246 g/mol. The number of nitrogens with zero attached hydrogens (tertiary/aromatic N) is 2. The largest absolute Gasteiger partial charge is 0.309 e. The lowest BCUT2D eigenvalue weighted by Crippen LogP contribution is -2.27. The van der Waals surface area contributed by atoms with Crippen molar-refractivity contribution in [1.82, 2.24) is 15.3 Å². The van der Waals surface area contributed by atoms with Crippen LogP contribution in [-0.2, 0) is 0 Å². The average Bonchev–Trinajstić information content (AvgIpc) is 3.06. The molecule has 1 aromatic heterocycles. The number of hydrogen-bond donors (Lipinski definition) is 1. The monoisotopic (exact) mass is 273 g/mol. The number of fused-ring (bicyclic) bond motifs is 2. The molecule has 4 unspecified atom stereocenters. The van der Waals surface area contributed by atoms with Gasteiger partial charge < -0.3 is 5.32 Å². The number of aromatic nitrogens is 2. The van der Waals surface area contributed by atoms with Crippen molar-refractivity contribution < 1.29 is 0 Å². The van der Waals surface area contributed by atoms with Crippen LogP contribution < -0.4 is 5.32 Å². The van der Waals surface area contributed by atoms with Gasteiger partial charge in [0, 0.05) is 12.2 Å². The third-order valence-corrected chi connectivity index (χ3v) is 5.22. The zero-order valence-corrected chi connectivity index (χ0v) is 12.8. The Labute approximate surface area is 122 Å². The summed E-state index contributed by atoms with van der Waals surface area (Å²) in [5, 5.41) is 3.71. The van der Waals surface area contributed by atoms with E-state index >= 15 is 0 Å². The molecule has 1 aromatic rings. The Morgan fingerprint density at radius 2 is 2.25 bits per heavy atom. The third-order valence-electron chi connectivity index (χ3n) is 5.22. The van der Waals surface area contributed by atoms with Crippen molar-refractivity contribution in [3.63, 3.8) is 0 Å². The van der Waals surface area contributed by atoms with Gasteiger partial charge in [-0.05, 0) is 69.4 Å². The van der Waals surface area contributed by atoms with Crippen molar-refractivity contribution >= 4 is 0 Å². The minimum Gasteiger partial charge on any atom is -0.309 e. The average molecular weight is 273 g/mol. The zero-order chi connectivity index (χ0) is 13.9. The smallest absolute Gasteiger partial charge is 0.125 e. The summed E-state index contributed by atoms with van der Waals surface area (Å²) in [5.74, 6) is 3.83. The highest BCUT2D eigenvalue weighted by Gasteiger charge is 2.40. The molecule has 2 saturated carbocycles. The van der Waals surface area contributed by atoms with Gasteiger partial charge in [-0.3, -0.25) is 0 Å². The zero-order valence-electron chi connectivity index (χ0n) is 12.8. The summed E-state index contributed by atoms with van der Waals surface area (Å²) in [5.41, 5.74) is 1.19. The van der Waals surface area contributed by atoms with Gasteiger partial charge in [-0.15, -0.1) is 0 Å². The SMILES string of the molecule is CCCNC(CC1CC2CCC1C2)c1ccnc(C)n1. The van der Waals surface area contributed by atoms with Crippen LogP contribution in [-0.4, -0.2) is 16.5 Å². The maximum Gasteiger partial charge on any atom is 0.125 e. The topological polar surface area (TPSA) is 37.8 Å². The van der Waals surface area contributed by atoms with Crippen molar-refractivity contribution in [1.29, 1.82) is 0 Å². The highest BCUT2D eigenvalue weighted by Crippen LogP contribution is 2.50. The van der Waals surface area contributed by atoms with E-state index in [1.54, 1.807) is 0 Å². The first-order valence-electron chi connectivity index (χ1n) is 8.29. The van der Waals surface area contributed by atoms with Gasteiger partial charge >= 0.3 is 0 Å². The fourth-order valence-electron chi connectivity index (χ4n) is 4.26. The van der Waals surface area contributed by atoms with Crippen LogP contribution in [0.15, 0.2) is 12.3 Å². The molecule has 0 amide bonds. The van der Waals surface area contributed by atoms with Crippen LogP contribution in [0.2, 0.25) is 0 Å². The molecular formula is C17H27N3. The van der Waals surface area contributed by atoms with E-state index in [1.165, 1.54) is 44.2 Å². The van der Waals surface area contributed by atoms with Gasteiger partial charge in [0.2, 0.25) is 0 Å². The summed E-state index contributed by atoms with van der Waals surface area (Å²) in [6.45, 7) is 5.29. The second-order valence-corrected chi connectivity index (χ2v) is 6.71. The molecule has 0 saturated heterocycles. The summed E-state index contributed by atoms with van der Waals surface area (Å²) >= 11 is 0. The number of rotatable bonds is 6. The molecule has 3 rings (SSSR count). The highest BCUT2D eigenvalue weighted by atomic mass is 15.0. The molecule has 1 N–H and O–H groups in total. The van der Waals surface area contributed by atoms with Crippen LogP contribution in [0.1, 0.15) is 63.0 Å². The van der Waals surface area contributed by atoms with Gasteiger partial charge in [-0.25, -0.2) is 9.97 Å². The Morgan fingerprint density at radius 1 is 1.35 bits per heavy atom. The molecule has 2 aliphatic carbocycles. The van der Waals surface area contributed by atoms with Crippen LogP contribution in [0.3, 0.4) is 0 Å². The van der Waals surface area contributed by atoms with Crippen molar-refractivity contribution in [2.75, 3.05) is 6.54 Å². The molecule has 0 radical (unpaired) electrons. The van der Waals surface area contributed by atoms with Gasteiger partial charge in [0.25, 0.3) is 0 Å². The van der Waals surface area contributed by atoms with Crippen molar-refractivity contribution in [3.8, 4) is 0 Å². The fraction of sp³-hybridized carbons (Fsp3) is 0.765. The molecule has 1 heterocycles. The first-order valence-corrected chi connectivity index (χ1v) is 8.29. The van der Waals surface area contributed by atoms with E-state index in [2.05, 4.69) is 28.3 Å². The Hall–Kier alpha value is -0.960. The first-order chi connectivity index (χ1) is 9.76. The summed E-state index contributed by atoms with van der Waals surface area (Å²) in [6, 6.07) is 2.51. The van der Waals surface area contributed by atoms with E-state index in [9.17, 15) is 0 Å². The molecule has 0 spiro atoms. The van der Waals surface area contributed by atoms with E-state index in [0.717, 1.165) is 30.1 Å². The van der Waals surface area contributed by atoms with Gasteiger partial charge in [0.15, 0.2) is 0 Å². The van der Waals surface area contributed by atoms with Crippen LogP contribution >= 0.6 is 0 Å².